The lowest BCUT2D eigenvalue weighted by Gasteiger charge is -2.16. The average molecular weight is 270 g/mol. The second-order valence-electron chi connectivity index (χ2n) is 4.83. The van der Waals surface area contributed by atoms with Gasteiger partial charge in [-0.2, -0.15) is 0 Å². The van der Waals surface area contributed by atoms with Gasteiger partial charge in [-0.1, -0.05) is 0 Å². The van der Waals surface area contributed by atoms with Crippen LogP contribution in [0.1, 0.15) is 13.8 Å². The van der Waals surface area contributed by atoms with Gasteiger partial charge in [-0.3, -0.25) is 9.59 Å². The predicted octanol–water partition coefficient (Wildman–Crippen LogP) is -2.42. The minimum absolute atomic E-state index is 0.0979. The molecule has 0 bridgehead atoms. The molecule has 2 aliphatic heterocycles. The van der Waals surface area contributed by atoms with E-state index in [4.69, 9.17) is 20.9 Å². The number of hydrogen-bond acceptors (Lipinski definition) is 4. The molecular weight excluding hydrogens is 252 g/mol. The molecular formula is C11H18N4O4+2. The number of rotatable bonds is 4. The third kappa shape index (κ3) is 2.13. The van der Waals surface area contributed by atoms with Crippen molar-refractivity contribution in [2.45, 2.75) is 19.5 Å². The van der Waals surface area contributed by atoms with Gasteiger partial charge in [-0.15, -0.1) is 9.15 Å². The van der Waals surface area contributed by atoms with Gasteiger partial charge < -0.3 is 20.9 Å². The molecule has 2 heterocycles. The van der Waals surface area contributed by atoms with Crippen LogP contribution < -0.4 is 11.5 Å². The van der Waals surface area contributed by atoms with Crippen LogP contribution in [0.2, 0.25) is 0 Å². The maximum absolute atomic E-state index is 11.4. The molecule has 0 fully saturated rings. The SMILES string of the molecule is CC(C)([N+]1=C(C(N)=O)OCC1)[N+]1=C(C(N)=O)OCC1. The van der Waals surface area contributed by atoms with Gasteiger partial charge in [0.25, 0.3) is 0 Å². The van der Waals surface area contributed by atoms with E-state index in [-0.39, 0.29) is 11.8 Å². The Morgan fingerprint density at radius 1 is 1.00 bits per heavy atom. The highest BCUT2D eigenvalue weighted by Gasteiger charge is 2.52. The number of nitrogens with zero attached hydrogens (tertiary/aromatic N) is 2. The summed E-state index contributed by atoms with van der Waals surface area (Å²) in [6.45, 7) is 5.47. The molecule has 2 rings (SSSR count). The van der Waals surface area contributed by atoms with Crippen LogP contribution in [0.25, 0.3) is 0 Å². The zero-order valence-electron chi connectivity index (χ0n) is 11.0. The summed E-state index contributed by atoms with van der Waals surface area (Å²) in [4.78, 5) is 22.7. The van der Waals surface area contributed by atoms with Crippen molar-refractivity contribution in [3.63, 3.8) is 0 Å². The molecule has 0 saturated heterocycles. The first kappa shape index (κ1) is 13.3. The molecule has 8 nitrogen and oxygen atoms in total. The first-order valence-electron chi connectivity index (χ1n) is 6.00. The van der Waals surface area contributed by atoms with Crippen molar-refractivity contribution in [2.24, 2.45) is 11.5 Å². The normalized spacial score (nSPS) is 19.5. The zero-order valence-corrected chi connectivity index (χ0v) is 11.0. The van der Waals surface area contributed by atoms with Crippen molar-refractivity contribution in [1.82, 2.24) is 0 Å². The van der Waals surface area contributed by atoms with E-state index in [1.54, 1.807) is 9.15 Å². The van der Waals surface area contributed by atoms with Crippen molar-refractivity contribution >= 4 is 23.6 Å². The number of hydrogen-bond donors (Lipinski definition) is 2. The summed E-state index contributed by atoms with van der Waals surface area (Å²) in [6.07, 6.45) is 0. The van der Waals surface area contributed by atoms with Gasteiger partial charge in [0.2, 0.25) is 0 Å². The highest BCUT2D eigenvalue weighted by Crippen LogP contribution is 2.18. The molecule has 0 aromatic heterocycles. The van der Waals surface area contributed by atoms with Crippen molar-refractivity contribution < 1.29 is 28.2 Å². The van der Waals surface area contributed by atoms with E-state index in [1.807, 2.05) is 13.8 Å². The van der Waals surface area contributed by atoms with E-state index in [0.29, 0.717) is 26.3 Å². The highest BCUT2D eigenvalue weighted by atomic mass is 16.5. The summed E-state index contributed by atoms with van der Waals surface area (Å²) in [5.41, 5.74) is 9.88. The number of carbonyl (C=O) groups is 2. The topological polar surface area (TPSA) is 111 Å². The Balaban J connectivity index is 2.48. The third-order valence-electron chi connectivity index (χ3n) is 3.34. The lowest BCUT2D eigenvalue weighted by atomic mass is 10.2. The molecule has 0 spiro atoms. The summed E-state index contributed by atoms with van der Waals surface area (Å²) in [6, 6.07) is 0. The smallest absolute Gasteiger partial charge is 0.434 e. The lowest BCUT2D eigenvalue weighted by Crippen LogP contribution is -2.52. The molecule has 2 amide bonds. The summed E-state index contributed by atoms with van der Waals surface area (Å²) < 4.78 is 13.9. The van der Waals surface area contributed by atoms with Crippen LogP contribution in [0.15, 0.2) is 0 Å². The van der Waals surface area contributed by atoms with Crippen LogP contribution in [-0.4, -0.2) is 64.7 Å². The maximum atomic E-state index is 11.4. The minimum Gasteiger partial charge on any atom is -0.434 e. The predicted molar refractivity (Wildman–Crippen MR) is 64.6 cm³/mol. The quantitative estimate of drug-likeness (QED) is 0.553. The Hall–Kier alpha value is -2.12. The fraction of sp³-hybridized carbons (Fsp3) is 0.636. The summed E-state index contributed by atoms with van der Waals surface area (Å²) >= 11 is 0. The summed E-state index contributed by atoms with van der Waals surface area (Å²) in [5.74, 6) is -1.07. The Labute approximate surface area is 110 Å². The van der Waals surface area contributed by atoms with Crippen LogP contribution in [-0.2, 0) is 19.1 Å². The number of amides is 2. The fourth-order valence-corrected chi connectivity index (χ4v) is 2.42. The first-order valence-corrected chi connectivity index (χ1v) is 6.00. The van der Waals surface area contributed by atoms with E-state index in [0.717, 1.165) is 0 Å². The monoisotopic (exact) mass is 270 g/mol. The number of nitrogens with two attached hydrogens (primary N) is 2. The zero-order chi connectivity index (χ0) is 14.2. The second-order valence-corrected chi connectivity index (χ2v) is 4.83. The van der Waals surface area contributed by atoms with Crippen LogP contribution >= 0.6 is 0 Å². The van der Waals surface area contributed by atoms with Crippen LogP contribution in [0.5, 0.6) is 0 Å². The van der Waals surface area contributed by atoms with Crippen molar-refractivity contribution in [3.05, 3.63) is 0 Å². The Morgan fingerprint density at radius 2 is 1.37 bits per heavy atom. The van der Waals surface area contributed by atoms with Gasteiger partial charge in [-0.05, 0) is 0 Å². The van der Waals surface area contributed by atoms with Crippen molar-refractivity contribution in [3.8, 4) is 0 Å². The van der Waals surface area contributed by atoms with E-state index in [1.165, 1.54) is 0 Å². The van der Waals surface area contributed by atoms with Crippen LogP contribution in [0.4, 0.5) is 0 Å². The van der Waals surface area contributed by atoms with Gasteiger partial charge in [0, 0.05) is 0 Å². The number of ether oxygens (including phenoxy) is 2. The third-order valence-corrected chi connectivity index (χ3v) is 3.34. The van der Waals surface area contributed by atoms with E-state index in [9.17, 15) is 9.59 Å². The van der Waals surface area contributed by atoms with Gasteiger partial charge in [0.1, 0.15) is 0 Å². The van der Waals surface area contributed by atoms with E-state index >= 15 is 0 Å². The first-order chi connectivity index (χ1) is 8.85. The lowest BCUT2D eigenvalue weighted by molar-refractivity contribution is -0.813. The fourth-order valence-electron chi connectivity index (χ4n) is 2.42. The molecule has 0 aliphatic carbocycles. The molecule has 8 heteroatoms. The molecule has 0 atom stereocenters. The van der Waals surface area contributed by atoms with Crippen molar-refractivity contribution in [1.29, 1.82) is 0 Å². The van der Waals surface area contributed by atoms with Gasteiger partial charge in [-0.25, -0.2) is 0 Å². The largest absolute Gasteiger partial charge is 0.435 e. The van der Waals surface area contributed by atoms with Gasteiger partial charge in [0.15, 0.2) is 26.3 Å². The summed E-state index contributed by atoms with van der Waals surface area (Å²) in [5, 5.41) is 0. The molecule has 104 valence electrons. The van der Waals surface area contributed by atoms with Gasteiger partial charge >= 0.3 is 29.3 Å². The average Bonchev–Trinajstić information content (AvgIpc) is 2.98. The molecule has 19 heavy (non-hydrogen) atoms. The van der Waals surface area contributed by atoms with Crippen LogP contribution in [0.3, 0.4) is 0 Å². The molecule has 0 aromatic rings. The molecule has 0 saturated carbocycles. The maximum Gasteiger partial charge on any atom is 0.435 e. The van der Waals surface area contributed by atoms with Crippen molar-refractivity contribution in [2.75, 3.05) is 26.3 Å². The Morgan fingerprint density at radius 3 is 1.68 bits per heavy atom. The molecule has 2 aliphatic rings. The minimum atomic E-state index is -0.693. The molecule has 0 aromatic carbocycles. The summed E-state index contributed by atoms with van der Waals surface area (Å²) in [7, 11) is 0. The highest BCUT2D eigenvalue weighted by molar-refractivity contribution is 6.33. The molecule has 4 N–H and O–H groups in total. The number of primary amides is 2. The number of carbonyl (C=O) groups excluding carboxylic acids is 2. The Kier molecular flexibility index (Phi) is 3.17. The van der Waals surface area contributed by atoms with Crippen LogP contribution in [0, 0.1) is 0 Å². The molecule has 0 radical (unpaired) electrons. The van der Waals surface area contributed by atoms with E-state index < -0.39 is 17.5 Å². The van der Waals surface area contributed by atoms with Gasteiger partial charge in [0.05, 0.1) is 13.8 Å². The molecule has 0 unspecified atom stereocenters. The van der Waals surface area contributed by atoms with E-state index in [2.05, 4.69) is 0 Å². The second kappa shape index (κ2) is 4.52. The standard InChI is InChI=1S/C11H16N4O4/c1-11(2,14-3-5-18-9(14)7(12)16)15-4-6-19-10(15)8(13)17/h3-6H2,1-2H3,(H2-2,12,13,16,17)/p+2. The Bertz CT molecular complexity index is 463.